The number of nitrogens with zero attached hydrogens (tertiary/aromatic N) is 1. The summed E-state index contributed by atoms with van der Waals surface area (Å²) in [7, 11) is 1.53. The highest BCUT2D eigenvalue weighted by atomic mass is 19.1. The van der Waals surface area contributed by atoms with Crippen LogP contribution in [-0.4, -0.2) is 44.2 Å². The molecule has 0 aromatic heterocycles. The van der Waals surface area contributed by atoms with Gasteiger partial charge in [0.15, 0.2) is 11.5 Å². The zero-order chi connectivity index (χ0) is 19.8. The van der Waals surface area contributed by atoms with Crippen molar-refractivity contribution in [3.05, 3.63) is 53.6 Å². The summed E-state index contributed by atoms with van der Waals surface area (Å²) in [6.45, 7) is 7.24. The molecule has 0 aliphatic rings. The van der Waals surface area contributed by atoms with Gasteiger partial charge in [-0.25, -0.2) is 8.78 Å². The Morgan fingerprint density at radius 3 is 2.30 bits per heavy atom. The lowest BCUT2D eigenvalue weighted by atomic mass is 10.2. The van der Waals surface area contributed by atoms with E-state index in [0.717, 1.165) is 31.8 Å². The van der Waals surface area contributed by atoms with Crippen molar-refractivity contribution in [2.75, 3.05) is 38.7 Å². The van der Waals surface area contributed by atoms with Crippen LogP contribution in [0.25, 0.3) is 0 Å². The highest BCUT2D eigenvalue weighted by Crippen LogP contribution is 2.30. The zero-order valence-electron chi connectivity index (χ0n) is 15.7. The van der Waals surface area contributed by atoms with Crippen LogP contribution in [0.1, 0.15) is 24.2 Å². The third-order valence-corrected chi connectivity index (χ3v) is 4.11. The predicted molar refractivity (Wildman–Crippen MR) is 101 cm³/mol. The first-order valence-corrected chi connectivity index (χ1v) is 8.77. The molecule has 5 nitrogen and oxygen atoms in total. The molecule has 0 aliphatic heterocycles. The van der Waals surface area contributed by atoms with Crippen molar-refractivity contribution in [3.8, 4) is 11.5 Å². The molecule has 0 bridgehead atoms. The van der Waals surface area contributed by atoms with Crippen molar-refractivity contribution < 1.29 is 23.0 Å². The minimum atomic E-state index is -0.810. The summed E-state index contributed by atoms with van der Waals surface area (Å²) < 4.78 is 37.7. The van der Waals surface area contributed by atoms with Crippen molar-refractivity contribution in [2.45, 2.75) is 13.8 Å². The Labute approximate surface area is 157 Å². The lowest BCUT2D eigenvalue weighted by Crippen LogP contribution is -2.28. The van der Waals surface area contributed by atoms with E-state index in [1.165, 1.54) is 7.11 Å². The van der Waals surface area contributed by atoms with Crippen molar-refractivity contribution in [1.29, 1.82) is 0 Å². The molecule has 0 aliphatic carbocycles. The fourth-order valence-corrected chi connectivity index (χ4v) is 2.58. The molecule has 0 atom stereocenters. The number of halogens is 2. The van der Waals surface area contributed by atoms with Gasteiger partial charge in [-0.05, 0) is 37.4 Å². The number of methoxy groups -OCH3 is 1. The molecule has 2 rings (SSSR count). The van der Waals surface area contributed by atoms with Crippen LogP contribution < -0.4 is 14.8 Å². The third-order valence-electron chi connectivity index (χ3n) is 4.11. The zero-order valence-corrected chi connectivity index (χ0v) is 15.7. The summed E-state index contributed by atoms with van der Waals surface area (Å²) in [5, 5.41) is 2.61. The molecule has 0 radical (unpaired) electrons. The second-order valence-corrected chi connectivity index (χ2v) is 5.85. The number of ether oxygens (including phenoxy) is 2. The molecule has 0 saturated heterocycles. The Morgan fingerprint density at radius 1 is 1.04 bits per heavy atom. The molecule has 146 valence electrons. The molecule has 1 amide bonds. The first kappa shape index (κ1) is 20.6. The van der Waals surface area contributed by atoms with E-state index in [4.69, 9.17) is 9.47 Å². The number of nitrogens with one attached hydrogen (secondary N) is 1. The number of benzene rings is 2. The van der Waals surface area contributed by atoms with E-state index in [2.05, 4.69) is 24.1 Å². The van der Waals surface area contributed by atoms with Gasteiger partial charge < -0.3 is 19.7 Å². The van der Waals surface area contributed by atoms with Gasteiger partial charge in [0.2, 0.25) is 0 Å². The lowest BCUT2D eigenvalue weighted by Gasteiger charge is -2.19. The molecule has 0 unspecified atom stereocenters. The normalized spacial score (nSPS) is 10.7. The number of anilines is 1. The molecule has 2 aromatic carbocycles. The Kier molecular flexibility index (Phi) is 7.55. The van der Waals surface area contributed by atoms with E-state index >= 15 is 0 Å². The average molecular weight is 378 g/mol. The van der Waals surface area contributed by atoms with E-state index in [1.54, 1.807) is 18.2 Å². The minimum absolute atomic E-state index is 0.104. The Balaban J connectivity index is 2.10. The van der Waals surface area contributed by atoms with Crippen molar-refractivity contribution in [2.24, 2.45) is 0 Å². The van der Waals surface area contributed by atoms with Gasteiger partial charge in [0.1, 0.15) is 18.2 Å². The minimum Gasteiger partial charge on any atom is -0.493 e. The van der Waals surface area contributed by atoms with Crippen LogP contribution in [0.15, 0.2) is 36.4 Å². The summed E-state index contributed by atoms with van der Waals surface area (Å²) in [4.78, 5) is 14.5. The van der Waals surface area contributed by atoms with Crippen LogP contribution in [0.2, 0.25) is 0 Å². The van der Waals surface area contributed by atoms with E-state index in [1.807, 2.05) is 0 Å². The first-order valence-electron chi connectivity index (χ1n) is 8.77. The van der Waals surface area contributed by atoms with Gasteiger partial charge in [-0.3, -0.25) is 4.79 Å². The monoisotopic (exact) mass is 378 g/mol. The van der Waals surface area contributed by atoms with Crippen LogP contribution in [0, 0.1) is 11.6 Å². The van der Waals surface area contributed by atoms with E-state index in [-0.39, 0.29) is 5.56 Å². The van der Waals surface area contributed by atoms with E-state index < -0.39 is 17.5 Å². The molecule has 7 heteroatoms. The van der Waals surface area contributed by atoms with Crippen molar-refractivity contribution in [1.82, 2.24) is 4.90 Å². The standard InChI is InChI=1S/C20H24F2N2O3/c1-4-24(5-2)8-9-27-19-13-17(6-7-18(19)26-3)23-20(25)14-10-15(21)12-16(22)11-14/h6-7,10-13H,4-5,8-9H2,1-3H3,(H,23,25). The molecule has 27 heavy (non-hydrogen) atoms. The van der Waals surface area contributed by atoms with Gasteiger partial charge in [-0.1, -0.05) is 13.8 Å². The van der Waals surface area contributed by atoms with Crippen LogP contribution in [0.5, 0.6) is 11.5 Å². The number of hydrogen-bond donors (Lipinski definition) is 1. The summed E-state index contributed by atoms with van der Waals surface area (Å²) in [6.07, 6.45) is 0. The first-order chi connectivity index (χ1) is 13.0. The van der Waals surface area contributed by atoms with Crippen molar-refractivity contribution in [3.63, 3.8) is 0 Å². The number of amides is 1. The fraction of sp³-hybridized carbons (Fsp3) is 0.350. The van der Waals surface area contributed by atoms with Gasteiger partial charge in [0.05, 0.1) is 7.11 Å². The lowest BCUT2D eigenvalue weighted by molar-refractivity contribution is 0.102. The Morgan fingerprint density at radius 2 is 1.70 bits per heavy atom. The molecule has 0 spiro atoms. The maximum atomic E-state index is 13.3. The number of rotatable bonds is 9. The molecular weight excluding hydrogens is 354 g/mol. The van der Waals surface area contributed by atoms with Crippen LogP contribution in [0.4, 0.5) is 14.5 Å². The molecule has 1 N–H and O–H groups in total. The van der Waals surface area contributed by atoms with Gasteiger partial charge in [0.25, 0.3) is 5.91 Å². The number of carbonyl (C=O) groups is 1. The SMILES string of the molecule is CCN(CC)CCOc1cc(NC(=O)c2cc(F)cc(F)c2)ccc1OC. The second-order valence-electron chi connectivity index (χ2n) is 5.85. The summed E-state index contributed by atoms with van der Waals surface area (Å²) in [5.41, 5.74) is 0.329. The number of likely N-dealkylation sites (N-methyl/N-ethyl adjacent to an activating group) is 1. The summed E-state index contributed by atoms with van der Waals surface area (Å²) >= 11 is 0. The maximum Gasteiger partial charge on any atom is 0.255 e. The highest BCUT2D eigenvalue weighted by Gasteiger charge is 2.12. The molecule has 0 saturated carbocycles. The number of carbonyl (C=O) groups excluding carboxylic acids is 1. The fourth-order valence-electron chi connectivity index (χ4n) is 2.58. The van der Waals surface area contributed by atoms with Gasteiger partial charge in [-0.2, -0.15) is 0 Å². The number of hydrogen-bond acceptors (Lipinski definition) is 4. The highest BCUT2D eigenvalue weighted by molar-refractivity contribution is 6.04. The van der Waals surface area contributed by atoms with Gasteiger partial charge >= 0.3 is 0 Å². The smallest absolute Gasteiger partial charge is 0.255 e. The molecule has 2 aromatic rings. The van der Waals surface area contributed by atoms with Crippen LogP contribution >= 0.6 is 0 Å². The molecule has 0 heterocycles. The molecular formula is C20H24F2N2O3. The van der Waals surface area contributed by atoms with Gasteiger partial charge in [0, 0.05) is 29.9 Å². The summed E-state index contributed by atoms with van der Waals surface area (Å²) in [6, 6.07) is 7.58. The molecule has 0 fully saturated rings. The van der Waals surface area contributed by atoms with Crippen LogP contribution in [0.3, 0.4) is 0 Å². The summed E-state index contributed by atoms with van der Waals surface area (Å²) in [5.74, 6) is -1.23. The van der Waals surface area contributed by atoms with Crippen LogP contribution in [-0.2, 0) is 0 Å². The van der Waals surface area contributed by atoms with Gasteiger partial charge in [-0.15, -0.1) is 0 Å². The quantitative estimate of drug-likeness (QED) is 0.718. The third kappa shape index (κ3) is 5.92. The van der Waals surface area contributed by atoms with E-state index in [0.29, 0.717) is 29.9 Å². The van der Waals surface area contributed by atoms with Crippen molar-refractivity contribution >= 4 is 11.6 Å². The topological polar surface area (TPSA) is 50.8 Å². The maximum absolute atomic E-state index is 13.3. The largest absolute Gasteiger partial charge is 0.493 e. The average Bonchev–Trinajstić information content (AvgIpc) is 2.64. The van der Waals surface area contributed by atoms with E-state index in [9.17, 15) is 13.6 Å². The predicted octanol–water partition coefficient (Wildman–Crippen LogP) is 3.95. The Hall–Kier alpha value is -2.67. The Bertz CT molecular complexity index is 760. The second kappa shape index (κ2) is 9.87.